The molecule has 1 heterocycles. The Morgan fingerprint density at radius 1 is 1.44 bits per heavy atom. The van der Waals surface area contributed by atoms with E-state index in [4.69, 9.17) is 0 Å². The van der Waals surface area contributed by atoms with Gasteiger partial charge in [-0.3, -0.25) is 4.79 Å². The molecule has 0 saturated heterocycles. The fraction of sp³-hybridized carbons (Fsp3) is 0.231. The summed E-state index contributed by atoms with van der Waals surface area (Å²) >= 11 is 0. The van der Waals surface area contributed by atoms with Crippen LogP contribution in [0.25, 0.3) is 0 Å². The van der Waals surface area contributed by atoms with Crippen LogP contribution in [0.5, 0.6) is 0 Å². The third-order valence-corrected chi connectivity index (χ3v) is 2.48. The first-order valence-corrected chi connectivity index (χ1v) is 5.76. The highest BCUT2D eigenvalue weighted by Crippen LogP contribution is 2.19. The summed E-state index contributed by atoms with van der Waals surface area (Å²) in [6, 6.07) is 5.72. The molecule has 18 heavy (non-hydrogen) atoms. The van der Waals surface area contributed by atoms with E-state index in [2.05, 4.69) is 20.3 Å². The molecule has 2 rings (SSSR count). The summed E-state index contributed by atoms with van der Waals surface area (Å²) in [5.74, 6) is -0.183. The van der Waals surface area contributed by atoms with Crippen LogP contribution in [-0.4, -0.2) is 17.6 Å². The van der Waals surface area contributed by atoms with Gasteiger partial charge in [0.05, 0.1) is 11.8 Å². The van der Waals surface area contributed by atoms with Crippen molar-refractivity contribution >= 4 is 17.3 Å². The van der Waals surface area contributed by atoms with Crippen LogP contribution in [0.4, 0.5) is 11.4 Å². The Labute approximate surface area is 105 Å². The number of aryl methyl sites for hydroxylation is 1. The predicted octanol–water partition coefficient (Wildman–Crippen LogP) is 2.67. The van der Waals surface area contributed by atoms with Gasteiger partial charge in [0.15, 0.2) is 0 Å². The Morgan fingerprint density at radius 3 is 2.94 bits per heavy atom. The molecule has 1 amide bonds. The van der Waals surface area contributed by atoms with Gasteiger partial charge in [-0.05, 0) is 26.0 Å². The van der Waals surface area contributed by atoms with Crippen LogP contribution >= 0.6 is 0 Å². The van der Waals surface area contributed by atoms with Crippen LogP contribution in [0, 0.1) is 6.92 Å². The van der Waals surface area contributed by atoms with Crippen LogP contribution < -0.4 is 10.6 Å². The molecule has 2 aromatic rings. The average molecular weight is 245 g/mol. The number of carbonyl (C=O) groups excluding carboxylic acids is 1. The summed E-state index contributed by atoms with van der Waals surface area (Å²) in [6.45, 7) is 4.70. The normalized spacial score (nSPS) is 10.1. The molecule has 0 aliphatic rings. The summed E-state index contributed by atoms with van der Waals surface area (Å²) in [7, 11) is 0. The molecule has 1 aromatic heterocycles. The van der Waals surface area contributed by atoms with Gasteiger partial charge in [0.1, 0.15) is 12.0 Å². The first kappa shape index (κ1) is 12.2. The second kappa shape index (κ2) is 5.35. The van der Waals surface area contributed by atoms with Crippen molar-refractivity contribution in [1.82, 2.24) is 5.16 Å². The maximum absolute atomic E-state index is 12.1. The molecule has 0 atom stereocenters. The molecule has 94 valence electrons. The fourth-order valence-electron chi connectivity index (χ4n) is 1.66. The molecule has 1 aromatic carbocycles. The summed E-state index contributed by atoms with van der Waals surface area (Å²) in [6.07, 6.45) is 2.85. The number of aromatic nitrogens is 1. The zero-order valence-electron chi connectivity index (χ0n) is 10.4. The van der Waals surface area contributed by atoms with Gasteiger partial charge in [-0.15, -0.1) is 0 Å². The van der Waals surface area contributed by atoms with E-state index in [1.54, 1.807) is 0 Å². The molecule has 0 unspecified atom stereocenters. The Kier molecular flexibility index (Phi) is 3.62. The largest absolute Gasteiger partial charge is 0.385 e. The second-order valence-corrected chi connectivity index (χ2v) is 3.95. The van der Waals surface area contributed by atoms with E-state index in [0.717, 1.165) is 17.8 Å². The van der Waals surface area contributed by atoms with Crippen LogP contribution in [-0.2, 0) is 0 Å². The van der Waals surface area contributed by atoms with Crippen LogP contribution in [0.3, 0.4) is 0 Å². The first-order chi connectivity index (χ1) is 8.70. The SMILES string of the molecule is CCNc1ccc(C)cc1C(=O)Nc1cnoc1. The van der Waals surface area contributed by atoms with E-state index in [1.165, 1.54) is 12.5 Å². The van der Waals surface area contributed by atoms with Gasteiger partial charge in [0.25, 0.3) is 5.91 Å². The zero-order chi connectivity index (χ0) is 13.0. The molecule has 0 saturated carbocycles. The van der Waals surface area contributed by atoms with Gasteiger partial charge in [0.2, 0.25) is 0 Å². The lowest BCUT2D eigenvalue weighted by molar-refractivity contribution is 0.102. The van der Waals surface area contributed by atoms with Gasteiger partial charge in [-0.25, -0.2) is 0 Å². The predicted molar refractivity (Wildman–Crippen MR) is 69.8 cm³/mol. The molecular formula is C13H15N3O2. The third kappa shape index (κ3) is 2.68. The molecule has 5 nitrogen and oxygen atoms in total. The van der Waals surface area contributed by atoms with Crippen molar-refractivity contribution in [1.29, 1.82) is 0 Å². The molecule has 2 N–H and O–H groups in total. The van der Waals surface area contributed by atoms with Gasteiger partial charge in [-0.2, -0.15) is 0 Å². The third-order valence-electron chi connectivity index (χ3n) is 2.48. The van der Waals surface area contributed by atoms with E-state index < -0.39 is 0 Å². The summed E-state index contributed by atoms with van der Waals surface area (Å²) in [5.41, 5.74) is 3.01. The maximum atomic E-state index is 12.1. The number of amides is 1. The summed E-state index contributed by atoms with van der Waals surface area (Å²) in [5, 5.41) is 9.43. The maximum Gasteiger partial charge on any atom is 0.257 e. The van der Waals surface area contributed by atoms with Crippen molar-refractivity contribution in [2.45, 2.75) is 13.8 Å². The zero-order valence-corrected chi connectivity index (χ0v) is 10.4. The van der Waals surface area contributed by atoms with Crippen molar-refractivity contribution in [2.75, 3.05) is 17.2 Å². The highest BCUT2D eigenvalue weighted by Gasteiger charge is 2.12. The van der Waals surface area contributed by atoms with E-state index in [-0.39, 0.29) is 5.91 Å². The van der Waals surface area contributed by atoms with Crippen molar-refractivity contribution in [3.8, 4) is 0 Å². The molecule has 0 aliphatic heterocycles. The Morgan fingerprint density at radius 2 is 2.28 bits per heavy atom. The molecule has 0 aliphatic carbocycles. The van der Waals surface area contributed by atoms with Crippen molar-refractivity contribution in [3.05, 3.63) is 41.8 Å². The number of nitrogens with zero attached hydrogens (tertiary/aromatic N) is 1. The minimum atomic E-state index is -0.183. The Bertz CT molecular complexity index is 535. The fourth-order valence-corrected chi connectivity index (χ4v) is 1.66. The van der Waals surface area contributed by atoms with E-state index in [1.807, 2.05) is 32.0 Å². The Balaban J connectivity index is 2.25. The number of benzene rings is 1. The minimum absolute atomic E-state index is 0.183. The van der Waals surface area contributed by atoms with E-state index in [0.29, 0.717) is 11.3 Å². The monoisotopic (exact) mass is 245 g/mol. The first-order valence-electron chi connectivity index (χ1n) is 5.76. The topological polar surface area (TPSA) is 67.2 Å². The lowest BCUT2D eigenvalue weighted by Crippen LogP contribution is -2.14. The molecule has 5 heteroatoms. The second-order valence-electron chi connectivity index (χ2n) is 3.95. The minimum Gasteiger partial charge on any atom is -0.385 e. The van der Waals surface area contributed by atoms with Gasteiger partial charge in [-0.1, -0.05) is 16.8 Å². The lowest BCUT2D eigenvalue weighted by atomic mass is 10.1. The summed E-state index contributed by atoms with van der Waals surface area (Å²) < 4.78 is 4.67. The number of carbonyl (C=O) groups is 1. The van der Waals surface area contributed by atoms with Crippen molar-refractivity contribution in [2.24, 2.45) is 0 Å². The lowest BCUT2D eigenvalue weighted by Gasteiger charge is -2.11. The highest BCUT2D eigenvalue weighted by molar-refractivity contribution is 6.08. The molecule has 0 bridgehead atoms. The number of hydrogen-bond acceptors (Lipinski definition) is 4. The van der Waals surface area contributed by atoms with E-state index in [9.17, 15) is 4.79 Å². The van der Waals surface area contributed by atoms with Crippen molar-refractivity contribution < 1.29 is 9.32 Å². The smallest absolute Gasteiger partial charge is 0.257 e. The number of hydrogen-bond donors (Lipinski definition) is 2. The van der Waals surface area contributed by atoms with E-state index >= 15 is 0 Å². The Hall–Kier alpha value is -2.30. The number of anilines is 2. The molecule has 0 fully saturated rings. The highest BCUT2D eigenvalue weighted by atomic mass is 16.5. The molecule has 0 spiro atoms. The summed E-state index contributed by atoms with van der Waals surface area (Å²) in [4.78, 5) is 12.1. The molecular weight excluding hydrogens is 230 g/mol. The molecule has 0 radical (unpaired) electrons. The van der Waals surface area contributed by atoms with Gasteiger partial charge < -0.3 is 15.2 Å². The van der Waals surface area contributed by atoms with Crippen molar-refractivity contribution in [3.63, 3.8) is 0 Å². The quantitative estimate of drug-likeness (QED) is 0.869. The van der Waals surface area contributed by atoms with Crippen LogP contribution in [0.2, 0.25) is 0 Å². The number of nitrogens with one attached hydrogen (secondary N) is 2. The van der Waals surface area contributed by atoms with Gasteiger partial charge >= 0.3 is 0 Å². The number of rotatable bonds is 4. The van der Waals surface area contributed by atoms with Crippen LogP contribution in [0.1, 0.15) is 22.8 Å². The standard InChI is InChI=1S/C13H15N3O2/c1-3-14-12-5-4-9(2)6-11(12)13(17)16-10-7-15-18-8-10/h4-8,14H,3H2,1-2H3,(H,16,17). The van der Waals surface area contributed by atoms with Crippen LogP contribution in [0.15, 0.2) is 35.2 Å². The van der Waals surface area contributed by atoms with Gasteiger partial charge in [0, 0.05) is 12.2 Å². The average Bonchev–Trinajstić information content (AvgIpc) is 2.84.